The maximum absolute atomic E-state index is 13.1. The van der Waals surface area contributed by atoms with E-state index in [1.807, 2.05) is 57.2 Å². The van der Waals surface area contributed by atoms with E-state index in [4.69, 9.17) is 0 Å². The number of hydrogen-bond donors (Lipinski definition) is 1. The van der Waals surface area contributed by atoms with Crippen LogP contribution in [0.2, 0.25) is 0 Å². The van der Waals surface area contributed by atoms with Crippen LogP contribution in [0.1, 0.15) is 42.0 Å². The molecular weight excluding hydrogens is 410 g/mol. The lowest BCUT2D eigenvalue weighted by Crippen LogP contribution is -2.52. The average Bonchev–Trinajstić information content (AvgIpc) is 2.73. The number of nitrogens with zero attached hydrogens (tertiary/aromatic N) is 2. The number of hydrogen-bond acceptors (Lipinski definition) is 3. The number of carbonyl (C=O) groups is 1. The van der Waals surface area contributed by atoms with Crippen molar-refractivity contribution in [2.24, 2.45) is 0 Å². The van der Waals surface area contributed by atoms with Gasteiger partial charge in [0.25, 0.3) is 10.2 Å². The smallest absolute Gasteiger partial charge is 0.282 e. The van der Waals surface area contributed by atoms with Gasteiger partial charge in [0.2, 0.25) is 5.91 Å². The van der Waals surface area contributed by atoms with Crippen molar-refractivity contribution in [3.8, 4) is 0 Å². The normalized spacial score (nSPS) is 17.9. The molecule has 1 atom stereocenters. The molecule has 1 aliphatic rings. The van der Waals surface area contributed by atoms with Gasteiger partial charge in [-0.05, 0) is 56.7 Å². The third kappa shape index (κ3) is 6.38. The van der Waals surface area contributed by atoms with Crippen LogP contribution in [-0.2, 0) is 28.0 Å². The molecule has 1 fully saturated rings. The number of nitrogens with one attached hydrogen (secondary N) is 1. The maximum atomic E-state index is 13.1. The predicted octanol–water partition coefficient (Wildman–Crippen LogP) is 3.19. The maximum Gasteiger partial charge on any atom is 0.282 e. The van der Waals surface area contributed by atoms with Gasteiger partial charge in [0.15, 0.2) is 0 Å². The summed E-state index contributed by atoms with van der Waals surface area (Å²) in [6, 6.07) is 16.2. The lowest BCUT2D eigenvalue weighted by atomic mass is 10.1. The van der Waals surface area contributed by atoms with Crippen molar-refractivity contribution in [3.05, 3.63) is 70.8 Å². The minimum Gasteiger partial charge on any atom is -0.352 e. The van der Waals surface area contributed by atoms with Gasteiger partial charge in [0.05, 0.1) is 6.54 Å². The Morgan fingerprint density at radius 1 is 1.06 bits per heavy atom. The summed E-state index contributed by atoms with van der Waals surface area (Å²) in [5.74, 6) is -0.252. The van der Waals surface area contributed by atoms with Crippen molar-refractivity contribution >= 4 is 16.1 Å². The molecule has 1 saturated heterocycles. The molecule has 0 aromatic heterocycles. The SMILES string of the molecule is Cc1ccc(C)c(CN2CCCN(CC(=O)N[C@@H](C)CCc3ccccc3)S2(=O)=O)c1. The van der Waals surface area contributed by atoms with E-state index in [9.17, 15) is 13.2 Å². The molecule has 0 radical (unpaired) electrons. The highest BCUT2D eigenvalue weighted by molar-refractivity contribution is 7.86. The molecule has 168 valence electrons. The van der Waals surface area contributed by atoms with Crippen molar-refractivity contribution in [1.29, 1.82) is 0 Å². The summed E-state index contributed by atoms with van der Waals surface area (Å²) in [6.07, 6.45) is 2.39. The molecule has 1 heterocycles. The van der Waals surface area contributed by atoms with E-state index in [1.165, 1.54) is 14.2 Å². The molecule has 0 unspecified atom stereocenters. The fourth-order valence-electron chi connectivity index (χ4n) is 3.88. The molecule has 3 rings (SSSR count). The Morgan fingerprint density at radius 2 is 1.77 bits per heavy atom. The fourth-order valence-corrected chi connectivity index (χ4v) is 5.51. The molecule has 2 aromatic rings. The highest BCUT2D eigenvalue weighted by atomic mass is 32.2. The molecule has 1 N–H and O–H groups in total. The molecule has 31 heavy (non-hydrogen) atoms. The number of rotatable bonds is 8. The van der Waals surface area contributed by atoms with Gasteiger partial charge in [-0.15, -0.1) is 0 Å². The Labute approximate surface area is 186 Å². The lowest BCUT2D eigenvalue weighted by molar-refractivity contribution is -0.122. The number of amides is 1. The quantitative estimate of drug-likeness (QED) is 0.681. The Bertz CT molecular complexity index is 992. The van der Waals surface area contributed by atoms with E-state index in [1.54, 1.807) is 0 Å². The largest absolute Gasteiger partial charge is 0.352 e. The van der Waals surface area contributed by atoms with Crippen LogP contribution in [-0.4, -0.2) is 48.6 Å². The summed E-state index contributed by atoms with van der Waals surface area (Å²) in [7, 11) is -3.67. The van der Waals surface area contributed by atoms with Crippen molar-refractivity contribution in [2.75, 3.05) is 19.6 Å². The van der Waals surface area contributed by atoms with Crippen LogP contribution in [0.15, 0.2) is 48.5 Å². The molecular formula is C24H33N3O3S. The summed E-state index contributed by atoms with van der Waals surface area (Å²) in [5.41, 5.74) is 4.41. The molecule has 6 nitrogen and oxygen atoms in total. The minimum absolute atomic E-state index is 0.0220. The number of carbonyl (C=O) groups excluding carboxylic acids is 1. The van der Waals surface area contributed by atoms with Crippen molar-refractivity contribution in [2.45, 2.75) is 52.6 Å². The van der Waals surface area contributed by atoms with Crippen LogP contribution in [0.5, 0.6) is 0 Å². The Kier molecular flexibility index (Phi) is 7.86. The van der Waals surface area contributed by atoms with Gasteiger partial charge < -0.3 is 5.32 Å². The van der Waals surface area contributed by atoms with Crippen LogP contribution in [0.25, 0.3) is 0 Å². The minimum atomic E-state index is -3.67. The van der Waals surface area contributed by atoms with Crippen LogP contribution < -0.4 is 5.32 Å². The first-order valence-corrected chi connectivity index (χ1v) is 12.3. The van der Waals surface area contributed by atoms with Crippen molar-refractivity contribution < 1.29 is 13.2 Å². The summed E-state index contributed by atoms with van der Waals surface area (Å²) in [6.45, 7) is 7.00. The van der Waals surface area contributed by atoms with Gasteiger partial charge in [-0.25, -0.2) is 0 Å². The molecule has 0 bridgehead atoms. The molecule has 0 aliphatic carbocycles. The first-order chi connectivity index (χ1) is 14.8. The highest BCUT2D eigenvalue weighted by Crippen LogP contribution is 2.21. The molecule has 1 aliphatic heterocycles. The molecule has 0 saturated carbocycles. The van der Waals surface area contributed by atoms with Crippen LogP contribution >= 0.6 is 0 Å². The predicted molar refractivity (Wildman–Crippen MR) is 124 cm³/mol. The first-order valence-electron chi connectivity index (χ1n) is 10.9. The van der Waals surface area contributed by atoms with Gasteiger partial charge in [-0.3, -0.25) is 4.79 Å². The summed E-state index contributed by atoms with van der Waals surface area (Å²) >= 11 is 0. The van der Waals surface area contributed by atoms with Gasteiger partial charge >= 0.3 is 0 Å². The van der Waals surface area contributed by atoms with Gasteiger partial charge in [0, 0.05) is 25.7 Å². The third-order valence-corrected chi connectivity index (χ3v) is 7.68. The van der Waals surface area contributed by atoms with E-state index in [2.05, 4.69) is 17.4 Å². The zero-order chi connectivity index (χ0) is 22.4. The van der Waals surface area contributed by atoms with Crippen molar-refractivity contribution in [3.63, 3.8) is 0 Å². The second-order valence-corrected chi connectivity index (χ2v) is 10.4. The first kappa shape index (κ1) is 23.4. The second kappa shape index (κ2) is 10.4. The fraction of sp³-hybridized carbons (Fsp3) is 0.458. The summed E-state index contributed by atoms with van der Waals surface area (Å²) in [4.78, 5) is 12.5. The van der Waals surface area contributed by atoms with E-state index >= 15 is 0 Å². The van der Waals surface area contributed by atoms with Crippen LogP contribution in [0.4, 0.5) is 0 Å². The van der Waals surface area contributed by atoms with Crippen molar-refractivity contribution in [1.82, 2.24) is 13.9 Å². The third-order valence-electron chi connectivity index (χ3n) is 5.76. The summed E-state index contributed by atoms with van der Waals surface area (Å²) in [5, 5.41) is 2.95. The molecule has 7 heteroatoms. The van der Waals surface area contributed by atoms with E-state index in [0.29, 0.717) is 26.1 Å². The van der Waals surface area contributed by atoms with E-state index < -0.39 is 10.2 Å². The zero-order valence-corrected chi connectivity index (χ0v) is 19.5. The zero-order valence-electron chi connectivity index (χ0n) is 18.7. The number of aryl methyl sites for hydroxylation is 3. The average molecular weight is 444 g/mol. The van der Waals surface area contributed by atoms with Gasteiger partial charge in [-0.2, -0.15) is 17.0 Å². The molecule has 1 amide bonds. The monoisotopic (exact) mass is 443 g/mol. The van der Waals surface area contributed by atoms with Gasteiger partial charge in [0.1, 0.15) is 0 Å². The molecule has 2 aromatic carbocycles. The van der Waals surface area contributed by atoms with E-state index in [-0.39, 0.29) is 18.5 Å². The van der Waals surface area contributed by atoms with Crippen LogP contribution in [0.3, 0.4) is 0 Å². The highest BCUT2D eigenvalue weighted by Gasteiger charge is 2.35. The second-order valence-electron chi connectivity index (χ2n) is 8.45. The number of benzene rings is 2. The Hall–Kier alpha value is -2.22. The van der Waals surface area contributed by atoms with Gasteiger partial charge in [-0.1, -0.05) is 54.1 Å². The summed E-state index contributed by atoms with van der Waals surface area (Å²) < 4.78 is 29.0. The molecule has 0 spiro atoms. The van der Waals surface area contributed by atoms with E-state index in [0.717, 1.165) is 29.5 Å². The standard InChI is InChI=1S/C24H33N3O3S/c1-19-10-11-20(2)23(16-19)17-26-14-7-15-27(31(26,29)30)18-24(28)25-21(3)12-13-22-8-5-4-6-9-22/h4-6,8-11,16,21H,7,12-15,17-18H2,1-3H3,(H,25,28)/t21-/m0/s1. The topological polar surface area (TPSA) is 69.7 Å². The van der Waals surface area contributed by atoms with Crippen LogP contribution in [0, 0.1) is 13.8 Å². The Morgan fingerprint density at radius 3 is 2.52 bits per heavy atom. The lowest BCUT2D eigenvalue weighted by Gasteiger charge is -2.34. The Balaban J connectivity index is 1.56.